The lowest BCUT2D eigenvalue weighted by Crippen LogP contribution is -2.62. The van der Waals surface area contributed by atoms with Gasteiger partial charge in [0.1, 0.15) is 36.3 Å². The zero-order valence-electron chi connectivity index (χ0n) is 28.6. The van der Waals surface area contributed by atoms with Crippen LogP contribution in [0.2, 0.25) is 0 Å². The Morgan fingerprint density at radius 3 is 2.02 bits per heavy atom. The van der Waals surface area contributed by atoms with E-state index in [1.165, 1.54) is 6.92 Å². The number of nitrogens with zero attached hydrogens (tertiary/aromatic N) is 1. The molecule has 1 fully saturated rings. The molecule has 19 heteroatoms. The summed E-state index contributed by atoms with van der Waals surface area (Å²) >= 11 is 0. The summed E-state index contributed by atoms with van der Waals surface area (Å²) in [5, 5.41) is 43.2. The summed E-state index contributed by atoms with van der Waals surface area (Å²) in [5.74, 6) is -6.07. The van der Waals surface area contributed by atoms with Crippen LogP contribution in [0.15, 0.2) is 42.5 Å². The van der Waals surface area contributed by atoms with E-state index in [1.54, 1.807) is 18.2 Å². The van der Waals surface area contributed by atoms with Crippen LogP contribution in [-0.2, 0) is 40.0 Å². The molecule has 1 heterocycles. The summed E-state index contributed by atoms with van der Waals surface area (Å²) in [5.41, 5.74) is 17.0. The second-order valence-electron chi connectivity index (χ2n) is 12.3. The van der Waals surface area contributed by atoms with Crippen molar-refractivity contribution in [1.82, 2.24) is 31.5 Å². The number of aliphatic hydroxyl groups is 3. The SMILES string of the molecule is C[C@@H](O)[C@H](NC(=O)[C@@H]1CCCN1C(=O)[C@H](CO)NC(=O)[C@H](Cc1cccc2ccccc12)NC(=O)[C@H](CN)NC(=O)[C@H](CO)NC(=O)CN)C(N)=O. The second-order valence-corrected chi connectivity index (χ2v) is 12.3. The second kappa shape index (κ2) is 19.4. The maximum absolute atomic E-state index is 13.9. The first-order valence-corrected chi connectivity index (χ1v) is 16.6. The maximum atomic E-state index is 13.9. The Bertz CT molecular complexity index is 1620. The van der Waals surface area contributed by atoms with Gasteiger partial charge in [0.15, 0.2) is 0 Å². The fraction of sp³-hybridized carbons (Fsp3) is 0.485. The Morgan fingerprint density at radius 2 is 1.40 bits per heavy atom. The van der Waals surface area contributed by atoms with Crippen molar-refractivity contribution in [2.75, 3.05) is 32.8 Å². The summed E-state index contributed by atoms with van der Waals surface area (Å²) in [7, 11) is 0. The molecule has 0 aromatic heterocycles. The van der Waals surface area contributed by atoms with E-state index in [-0.39, 0.29) is 19.4 Å². The van der Waals surface area contributed by atoms with Gasteiger partial charge in [-0.3, -0.25) is 33.6 Å². The molecule has 52 heavy (non-hydrogen) atoms. The molecule has 7 amide bonds. The molecule has 1 aliphatic rings. The van der Waals surface area contributed by atoms with Gasteiger partial charge >= 0.3 is 0 Å². The number of primary amides is 1. The van der Waals surface area contributed by atoms with Gasteiger partial charge in [-0.15, -0.1) is 0 Å². The van der Waals surface area contributed by atoms with Crippen LogP contribution in [-0.4, -0.2) is 137 Å². The average molecular weight is 730 g/mol. The maximum Gasteiger partial charge on any atom is 0.248 e. The number of nitrogens with one attached hydrogen (secondary N) is 5. The van der Waals surface area contributed by atoms with Gasteiger partial charge in [-0.2, -0.15) is 0 Å². The van der Waals surface area contributed by atoms with Gasteiger partial charge in [0.2, 0.25) is 41.4 Å². The zero-order valence-corrected chi connectivity index (χ0v) is 28.6. The average Bonchev–Trinajstić information content (AvgIpc) is 3.63. The topological polar surface area (TPSA) is 322 Å². The van der Waals surface area contributed by atoms with E-state index in [0.29, 0.717) is 12.0 Å². The molecule has 2 aromatic carbocycles. The van der Waals surface area contributed by atoms with Crippen molar-refractivity contribution >= 4 is 52.1 Å². The predicted octanol–water partition coefficient (Wildman–Crippen LogP) is -5.43. The fourth-order valence-corrected chi connectivity index (χ4v) is 5.76. The predicted molar refractivity (Wildman–Crippen MR) is 185 cm³/mol. The molecule has 0 spiro atoms. The number of rotatable bonds is 18. The van der Waals surface area contributed by atoms with Crippen molar-refractivity contribution in [2.24, 2.45) is 17.2 Å². The number of carbonyl (C=O) groups is 7. The standard InChI is InChI=1S/C33H47N9O10/c1-17(45)27(28(36)47)41-32(51)25-10-5-11-42(25)33(52)24(16-44)40-29(48)21(12-19-8-4-7-18-6-2-3-9-20(18)19)38-30(49)22(13-34)39-31(50)23(15-43)37-26(46)14-35/h2-4,6-9,17,21-25,27,43-45H,5,10-16,34-35H2,1H3,(H2,36,47)(H,37,46)(H,38,49)(H,39,50)(H,40,48)(H,41,51)/t17-,21+,22+,23+,24+,25+,27+/m1/s1. The summed E-state index contributed by atoms with van der Waals surface area (Å²) < 4.78 is 0. The minimum Gasteiger partial charge on any atom is -0.394 e. The third-order valence-electron chi connectivity index (χ3n) is 8.55. The summed E-state index contributed by atoms with van der Waals surface area (Å²) in [6, 6.07) is 4.22. The number of benzene rings is 2. The Kier molecular flexibility index (Phi) is 15.4. The van der Waals surface area contributed by atoms with Crippen molar-refractivity contribution in [3.8, 4) is 0 Å². The normalized spacial score (nSPS) is 17.5. The number of amides is 7. The van der Waals surface area contributed by atoms with Crippen LogP contribution in [0.4, 0.5) is 0 Å². The summed E-state index contributed by atoms with van der Waals surface area (Å²) in [6.45, 7) is -1.28. The Balaban J connectivity index is 1.85. The molecule has 0 unspecified atom stereocenters. The van der Waals surface area contributed by atoms with E-state index in [1.807, 2.05) is 24.3 Å². The van der Waals surface area contributed by atoms with Crippen LogP contribution in [0.3, 0.4) is 0 Å². The van der Waals surface area contributed by atoms with Crippen LogP contribution in [0.1, 0.15) is 25.3 Å². The van der Waals surface area contributed by atoms with E-state index in [2.05, 4.69) is 26.6 Å². The number of aliphatic hydroxyl groups excluding tert-OH is 3. The molecule has 0 saturated carbocycles. The minimum absolute atomic E-state index is 0.0772. The highest BCUT2D eigenvalue weighted by atomic mass is 16.3. The first kappa shape index (κ1) is 41.2. The lowest BCUT2D eigenvalue weighted by molar-refractivity contribution is -0.143. The lowest BCUT2D eigenvalue weighted by atomic mass is 9.98. The Labute approximate surface area is 299 Å². The van der Waals surface area contributed by atoms with E-state index in [0.717, 1.165) is 15.7 Å². The number of nitrogens with two attached hydrogens (primary N) is 3. The van der Waals surface area contributed by atoms with Crippen molar-refractivity contribution in [3.05, 3.63) is 48.0 Å². The Morgan fingerprint density at radius 1 is 0.808 bits per heavy atom. The molecular formula is C33H47N9O10. The number of hydrogen-bond donors (Lipinski definition) is 11. The van der Waals surface area contributed by atoms with Crippen LogP contribution in [0, 0.1) is 0 Å². The first-order chi connectivity index (χ1) is 24.8. The third kappa shape index (κ3) is 10.7. The molecule has 1 aliphatic heterocycles. The van der Waals surface area contributed by atoms with Gasteiger partial charge in [0.25, 0.3) is 0 Å². The molecule has 7 atom stereocenters. The number of hydrogen-bond acceptors (Lipinski definition) is 12. The number of fused-ring (bicyclic) bond motifs is 1. The van der Waals surface area contributed by atoms with Gasteiger partial charge in [0, 0.05) is 19.5 Å². The third-order valence-corrected chi connectivity index (χ3v) is 8.55. The van der Waals surface area contributed by atoms with Gasteiger partial charge in [-0.1, -0.05) is 42.5 Å². The number of carbonyl (C=O) groups excluding carboxylic acids is 7. The van der Waals surface area contributed by atoms with Crippen LogP contribution >= 0.6 is 0 Å². The molecule has 0 aliphatic carbocycles. The van der Waals surface area contributed by atoms with Crippen LogP contribution < -0.4 is 43.8 Å². The monoisotopic (exact) mass is 729 g/mol. The van der Waals surface area contributed by atoms with Crippen molar-refractivity contribution < 1.29 is 48.9 Å². The Hall–Kier alpha value is -5.21. The van der Waals surface area contributed by atoms with Gasteiger partial charge in [-0.05, 0) is 36.1 Å². The minimum atomic E-state index is -1.57. The molecule has 2 aromatic rings. The van der Waals surface area contributed by atoms with Crippen LogP contribution in [0.5, 0.6) is 0 Å². The van der Waals surface area contributed by atoms with E-state index < -0.39 is 110 Å². The molecular weight excluding hydrogens is 682 g/mol. The molecule has 0 radical (unpaired) electrons. The van der Waals surface area contributed by atoms with Crippen LogP contribution in [0.25, 0.3) is 10.8 Å². The van der Waals surface area contributed by atoms with Crippen molar-refractivity contribution in [1.29, 1.82) is 0 Å². The zero-order chi connectivity index (χ0) is 38.5. The summed E-state index contributed by atoms with van der Waals surface area (Å²) in [6.07, 6.45) is -0.866. The highest BCUT2D eigenvalue weighted by Gasteiger charge is 2.40. The lowest BCUT2D eigenvalue weighted by Gasteiger charge is -2.30. The van der Waals surface area contributed by atoms with E-state index in [4.69, 9.17) is 17.2 Å². The van der Waals surface area contributed by atoms with E-state index in [9.17, 15) is 48.9 Å². The fourth-order valence-electron chi connectivity index (χ4n) is 5.76. The van der Waals surface area contributed by atoms with Crippen molar-refractivity contribution in [2.45, 2.75) is 68.5 Å². The quantitative estimate of drug-likeness (QED) is 0.0685. The largest absolute Gasteiger partial charge is 0.394 e. The highest BCUT2D eigenvalue weighted by molar-refractivity contribution is 5.98. The van der Waals surface area contributed by atoms with Crippen molar-refractivity contribution in [3.63, 3.8) is 0 Å². The molecule has 14 N–H and O–H groups in total. The van der Waals surface area contributed by atoms with Gasteiger partial charge in [0.05, 0.1) is 25.9 Å². The molecule has 3 rings (SSSR count). The number of likely N-dealkylation sites (tertiary alicyclic amines) is 1. The molecule has 284 valence electrons. The van der Waals surface area contributed by atoms with Gasteiger partial charge < -0.3 is 64.0 Å². The first-order valence-electron chi connectivity index (χ1n) is 16.6. The molecule has 0 bridgehead atoms. The van der Waals surface area contributed by atoms with E-state index >= 15 is 0 Å². The van der Waals surface area contributed by atoms with Gasteiger partial charge in [-0.25, -0.2) is 0 Å². The smallest absolute Gasteiger partial charge is 0.248 e. The summed E-state index contributed by atoms with van der Waals surface area (Å²) in [4.78, 5) is 91.4. The molecule has 1 saturated heterocycles. The molecule has 19 nitrogen and oxygen atoms in total. The highest BCUT2D eigenvalue weighted by Crippen LogP contribution is 2.21.